The molecule has 0 amide bonds. The fourth-order valence-electron chi connectivity index (χ4n) is 4.57. The molecule has 2 heterocycles. The van der Waals surface area contributed by atoms with Crippen molar-refractivity contribution in [2.45, 2.75) is 5.92 Å². The molecule has 0 bridgehead atoms. The number of para-hydroxylation sites is 1. The molecule has 1 aliphatic heterocycles. The Hall–Kier alpha value is -4.65. The molecule has 0 fully saturated rings. The van der Waals surface area contributed by atoms with Crippen molar-refractivity contribution in [2.24, 2.45) is 0 Å². The molecule has 0 radical (unpaired) electrons. The highest BCUT2D eigenvalue weighted by atomic mass is 16.5. The van der Waals surface area contributed by atoms with Crippen molar-refractivity contribution in [3.05, 3.63) is 128 Å². The molecular weight excluding hydrogens is 418 g/mol. The maximum Gasteiger partial charge on any atom is 0.327 e. The summed E-state index contributed by atoms with van der Waals surface area (Å²) in [6, 6.07) is 23.9. The fourth-order valence-corrected chi connectivity index (χ4v) is 4.57. The molecule has 1 aromatic heterocycles. The van der Waals surface area contributed by atoms with Crippen LogP contribution < -0.4 is 21.3 Å². The van der Waals surface area contributed by atoms with Crippen LogP contribution in [0.5, 0.6) is 11.5 Å². The van der Waals surface area contributed by atoms with E-state index < -0.39 is 17.2 Å². The highest BCUT2D eigenvalue weighted by molar-refractivity contribution is 6.23. The van der Waals surface area contributed by atoms with Crippen molar-refractivity contribution in [2.75, 3.05) is 5.32 Å². The molecule has 3 aromatic carbocycles. The molecule has 0 saturated heterocycles. The van der Waals surface area contributed by atoms with Gasteiger partial charge in [0.2, 0.25) is 0 Å². The first-order chi connectivity index (χ1) is 16.1. The first kappa shape index (κ1) is 19.1. The summed E-state index contributed by atoms with van der Waals surface area (Å²) in [6.45, 7) is 0. The number of benzene rings is 3. The number of Topliss-reactive ketones (excluding diaryl/α,β-unsaturated/α-hetero) is 1. The van der Waals surface area contributed by atoms with Crippen molar-refractivity contribution < 1.29 is 9.53 Å². The third-order valence-corrected chi connectivity index (χ3v) is 5.93. The van der Waals surface area contributed by atoms with Gasteiger partial charge in [-0.3, -0.25) is 19.6 Å². The molecule has 7 nitrogen and oxygen atoms in total. The lowest BCUT2D eigenvalue weighted by Crippen LogP contribution is -2.33. The van der Waals surface area contributed by atoms with Gasteiger partial charge in [0.1, 0.15) is 17.3 Å². The lowest BCUT2D eigenvalue weighted by molar-refractivity contribution is 0.103. The Morgan fingerprint density at radius 1 is 0.727 bits per heavy atom. The molecule has 0 spiro atoms. The fraction of sp³-hybridized carbons (Fsp3) is 0.0385. The predicted octanol–water partition coefficient (Wildman–Crippen LogP) is 4.02. The van der Waals surface area contributed by atoms with Crippen LogP contribution in [0.3, 0.4) is 0 Å². The largest absolute Gasteiger partial charge is 0.457 e. The third-order valence-electron chi connectivity index (χ3n) is 5.93. The average molecular weight is 435 g/mol. The molecule has 7 heteroatoms. The lowest BCUT2D eigenvalue weighted by Gasteiger charge is -2.27. The van der Waals surface area contributed by atoms with Gasteiger partial charge in [0.25, 0.3) is 5.56 Å². The first-order valence-electron chi connectivity index (χ1n) is 10.4. The number of ketones is 1. The molecule has 6 rings (SSSR count). The zero-order chi connectivity index (χ0) is 22.5. The van der Waals surface area contributed by atoms with E-state index in [4.69, 9.17) is 4.74 Å². The molecule has 33 heavy (non-hydrogen) atoms. The van der Waals surface area contributed by atoms with Crippen LogP contribution in [-0.4, -0.2) is 15.8 Å². The topological polar surface area (TPSA) is 104 Å². The van der Waals surface area contributed by atoms with Gasteiger partial charge in [0, 0.05) is 22.6 Å². The van der Waals surface area contributed by atoms with Crippen LogP contribution in [0.1, 0.15) is 33.0 Å². The maximum absolute atomic E-state index is 13.5. The first-order valence-corrected chi connectivity index (χ1v) is 10.4. The number of aromatic nitrogens is 2. The van der Waals surface area contributed by atoms with Crippen LogP contribution in [0.15, 0.2) is 94.0 Å². The highest BCUT2D eigenvalue weighted by Crippen LogP contribution is 2.47. The summed E-state index contributed by atoms with van der Waals surface area (Å²) < 4.78 is 5.99. The maximum atomic E-state index is 13.5. The molecule has 1 unspecified atom stereocenters. The molecule has 2 aliphatic rings. The van der Waals surface area contributed by atoms with Crippen LogP contribution in [-0.2, 0) is 0 Å². The number of ether oxygens (including phenoxy) is 1. The van der Waals surface area contributed by atoms with Crippen LogP contribution in [0.2, 0.25) is 0 Å². The second-order valence-electron chi connectivity index (χ2n) is 7.91. The number of allylic oxidation sites excluding steroid dienone is 1. The van der Waals surface area contributed by atoms with Crippen LogP contribution in [0, 0.1) is 0 Å². The minimum atomic E-state index is -0.684. The third kappa shape index (κ3) is 3.02. The Morgan fingerprint density at radius 3 is 2.27 bits per heavy atom. The van der Waals surface area contributed by atoms with Gasteiger partial charge >= 0.3 is 5.69 Å². The van der Waals surface area contributed by atoms with Gasteiger partial charge in [0.15, 0.2) is 5.78 Å². The number of aromatic amines is 2. The minimum Gasteiger partial charge on any atom is -0.457 e. The Labute approximate surface area is 187 Å². The number of fused-ring (bicyclic) bond motifs is 3. The number of carbonyl (C=O) groups is 1. The van der Waals surface area contributed by atoms with Gasteiger partial charge in [-0.05, 0) is 29.8 Å². The zero-order valence-corrected chi connectivity index (χ0v) is 17.2. The molecule has 4 aromatic rings. The Morgan fingerprint density at radius 2 is 1.45 bits per heavy atom. The van der Waals surface area contributed by atoms with Crippen molar-refractivity contribution in [3.8, 4) is 11.5 Å². The lowest BCUT2D eigenvalue weighted by atomic mass is 9.81. The van der Waals surface area contributed by atoms with E-state index in [0.29, 0.717) is 33.9 Å². The second-order valence-corrected chi connectivity index (χ2v) is 7.91. The van der Waals surface area contributed by atoms with E-state index in [0.717, 1.165) is 5.56 Å². The van der Waals surface area contributed by atoms with Crippen molar-refractivity contribution in [1.82, 2.24) is 9.97 Å². The molecular formula is C26H17N3O4. The summed E-state index contributed by atoms with van der Waals surface area (Å²) in [5.41, 5.74) is 2.20. The van der Waals surface area contributed by atoms with Gasteiger partial charge in [-0.25, -0.2) is 4.79 Å². The summed E-state index contributed by atoms with van der Waals surface area (Å²) in [6.07, 6.45) is 0. The quantitative estimate of drug-likeness (QED) is 0.451. The van der Waals surface area contributed by atoms with E-state index in [1.165, 1.54) is 0 Å². The summed E-state index contributed by atoms with van der Waals surface area (Å²) in [5.74, 6) is 0.697. The number of rotatable bonds is 3. The van der Waals surface area contributed by atoms with Gasteiger partial charge in [0.05, 0.1) is 11.3 Å². The van der Waals surface area contributed by atoms with Gasteiger partial charge < -0.3 is 10.1 Å². The number of nitrogens with one attached hydrogen (secondary N) is 3. The van der Waals surface area contributed by atoms with Crippen molar-refractivity contribution in [3.63, 3.8) is 0 Å². The van der Waals surface area contributed by atoms with E-state index in [9.17, 15) is 14.4 Å². The molecule has 1 aliphatic carbocycles. The van der Waals surface area contributed by atoms with E-state index in [-0.39, 0.29) is 17.2 Å². The van der Waals surface area contributed by atoms with Crippen LogP contribution in [0.4, 0.5) is 5.82 Å². The SMILES string of the molecule is O=C1C2=C(Nc3[nH]c(=O)[nH]c(=O)c3C2c2cccc(Oc3ccccc3)c2)c2ccccc21. The molecule has 0 saturated carbocycles. The Kier molecular flexibility index (Phi) is 4.16. The Balaban J connectivity index is 1.55. The monoisotopic (exact) mass is 435 g/mol. The van der Waals surface area contributed by atoms with E-state index in [2.05, 4.69) is 15.3 Å². The normalized spacial score (nSPS) is 16.0. The van der Waals surface area contributed by atoms with E-state index in [1.54, 1.807) is 12.1 Å². The molecule has 1 atom stereocenters. The summed E-state index contributed by atoms with van der Waals surface area (Å²) >= 11 is 0. The standard InChI is InChI=1S/C26H17N3O4/c30-23-18-12-5-4-11-17(18)22-20(23)19(21-24(27-22)28-26(32)29-25(21)31)14-7-6-10-16(13-14)33-15-8-2-1-3-9-15/h1-13,19H,(H3,27,28,29,31,32). The van der Waals surface area contributed by atoms with Gasteiger partial charge in [-0.15, -0.1) is 0 Å². The van der Waals surface area contributed by atoms with Gasteiger partial charge in [-0.2, -0.15) is 0 Å². The highest BCUT2D eigenvalue weighted by Gasteiger charge is 2.41. The summed E-state index contributed by atoms with van der Waals surface area (Å²) in [4.78, 5) is 43.4. The van der Waals surface area contributed by atoms with Gasteiger partial charge in [-0.1, -0.05) is 54.6 Å². The Bertz CT molecular complexity index is 1580. The minimum absolute atomic E-state index is 0.149. The summed E-state index contributed by atoms with van der Waals surface area (Å²) in [5, 5.41) is 3.13. The van der Waals surface area contributed by atoms with Crippen molar-refractivity contribution in [1.29, 1.82) is 0 Å². The number of hydrogen-bond acceptors (Lipinski definition) is 5. The molecule has 3 N–H and O–H groups in total. The number of hydrogen-bond donors (Lipinski definition) is 3. The van der Waals surface area contributed by atoms with Crippen molar-refractivity contribution >= 4 is 17.3 Å². The van der Waals surface area contributed by atoms with Crippen LogP contribution in [0.25, 0.3) is 5.70 Å². The van der Waals surface area contributed by atoms with E-state index >= 15 is 0 Å². The number of H-pyrrole nitrogens is 2. The summed E-state index contributed by atoms with van der Waals surface area (Å²) in [7, 11) is 0. The van der Waals surface area contributed by atoms with E-state index in [1.807, 2.05) is 66.7 Å². The van der Waals surface area contributed by atoms with Crippen LogP contribution >= 0.6 is 0 Å². The smallest absolute Gasteiger partial charge is 0.327 e. The number of anilines is 1. The average Bonchev–Trinajstić information content (AvgIpc) is 3.10. The molecule has 160 valence electrons. The number of carbonyl (C=O) groups excluding carboxylic acids is 1. The predicted molar refractivity (Wildman–Crippen MR) is 124 cm³/mol. The second kappa shape index (κ2) is 7.20. The zero-order valence-electron chi connectivity index (χ0n) is 17.2.